The van der Waals surface area contributed by atoms with Gasteiger partial charge in [-0.1, -0.05) is 11.6 Å². The minimum atomic E-state index is -0.0825. The summed E-state index contributed by atoms with van der Waals surface area (Å²) in [7, 11) is 0. The molecule has 2 heterocycles. The van der Waals surface area contributed by atoms with Gasteiger partial charge in [-0.05, 0) is 25.0 Å². The van der Waals surface area contributed by atoms with Crippen molar-refractivity contribution in [2.24, 2.45) is 0 Å². The van der Waals surface area contributed by atoms with Crippen molar-refractivity contribution in [1.29, 1.82) is 0 Å². The van der Waals surface area contributed by atoms with Crippen LogP contribution in [0.3, 0.4) is 0 Å². The second-order valence-corrected chi connectivity index (χ2v) is 4.23. The highest BCUT2D eigenvalue weighted by Gasteiger charge is 2.28. The molecule has 1 unspecified atom stereocenters. The molecular formula is C11H13ClN2O2. The average Bonchev–Trinajstić information content (AvgIpc) is 2.76. The lowest BCUT2D eigenvalue weighted by Crippen LogP contribution is -2.37. The van der Waals surface area contributed by atoms with Crippen LogP contribution in [0.25, 0.3) is 0 Å². The summed E-state index contributed by atoms with van der Waals surface area (Å²) in [6.45, 7) is 0.717. The number of aromatic nitrogens is 1. The van der Waals surface area contributed by atoms with Gasteiger partial charge < -0.3 is 10.0 Å². The van der Waals surface area contributed by atoms with Crippen molar-refractivity contribution in [3.05, 3.63) is 29.0 Å². The van der Waals surface area contributed by atoms with Crippen molar-refractivity contribution < 1.29 is 9.90 Å². The van der Waals surface area contributed by atoms with E-state index in [1.807, 2.05) is 0 Å². The maximum atomic E-state index is 12.1. The molecule has 5 heteroatoms. The first-order chi connectivity index (χ1) is 7.72. The quantitative estimate of drug-likeness (QED) is 0.794. The Labute approximate surface area is 98.9 Å². The number of likely N-dealkylation sites (tertiary alicyclic amines) is 1. The topological polar surface area (TPSA) is 53.4 Å². The molecule has 16 heavy (non-hydrogen) atoms. The van der Waals surface area contributed by atoms with E-state index in [-0.39, 0.29) is 18.6 Å². The summed E-state index contributed by atoms with van der Waals surface area (Å²) in [6, 6.07) is 3.14. The number of amides is 1. The first-order valence-electron chi connectivity index (χ1n) is 5.26. The molecule has 1 amide bonds. The highest BCUT2D eigenvalue weighted by molar-refractivity contribution is 6.29. The number of aliphatic hydroxyl groups is 1. The van der Waals surface area contributed by atoms with Crippen LogP contribution in [0.15, 0.2) is 18.3 Å². The van der Waals surface area contributed by atoms with Gasteiger partial charge in [0.05, 0.1) is 12.6 Å². The molecule has 0 aromatic carbocycles. The third-order valence-corrected chi connectivity index (χ3v) is 3.03. The van der Waals surface area contributed by atoms with Gasteiger partial charge in [-0.25, -0.2) is 4.98 Å². The Bertz CT molecular complexity index is 397. The third kappa shape index (κ3) is 2.18. The number of hydrogen-bond acceptors (Lipinski definition) is 3. The number of nitrogens with zero attached hydrogens (tertiary/aromatic N) is 2. The van der Waals surface area contributed by atoms with Crippen molar-refractivity contribution in [3.63, 3.8) is 0 Å². The highest BCUT2D eigenvalue weighted by atomic mass is 35.5. The van der Waals surface area contributed by atoms with Crippen LogP contribution in [0.2, 0.25) is 5.15 Å². The zero-order valence-corrected chi connectivity index (χ0v) is 9.52. The lowest BCUT2D eigenvalue weighted by molar-refractivity contribution is 0.0677. The van der Waals surface area contributed by atoms with Gasteiger partial charge in [0.25, 0.3) is 5.91 Å². The number of rotatable bonds is 2. The fourth-order valence-corrected chi connectivity index (χ4v) is 2.17. The molecule has 86 valence electrons. The summed E-state index contributed by atoms with van der Waals surface area (Å²) in [5, 5.41) is 9.47. The van der Waals surface area contributed by atoms with E-state index in [4.69, 9.17) is 16.7 Å². The smallest absolute Gasteiger partial charge is 0.254 e. The summed E-state index contributed by atoms with van der Waals surface area (Å²) in [4.78, 5) is 17.6. The Morgan fingerprint density at radius 3 is 3.19 bits per heavy atom. The number of carbonyl (C=O) groups is 1. The summed E-state index contributed by atoms with van der Waals surface area (Å²) < 4.78 is 0. The molecule has 1 atom stereocenters. The summed E-state index contributed by atoms with van der Waals surface area (Å²) in [6.07, 6.45) is 3.32. The van der Waals surface area contributed by atoms with Crippen LogP contribution in [-0.2, 0) is 0 Å². The number of aliphatic hydroxyl groups excluding tert-OH is 1. The van der Waals surface area contributed by atoms with Gasteiger partial charge in [0.1, 0.15) is 5.15 Å². The molecule has 4 nitrogen and oxygen atoms in total. The normalized spacial score (nSPS) is 20.1. The predicted molar refractivity (Wildman–Crippen MR) is 60.4 cm³/mol. The minimum Gasteiger partial charge on any atom is -0.394 e. The number of halogens is 1. The van der Waals surface area contributed by atoms with Crippen molar-refractivity contribution in [2.45, 2.75) is 18.9 Å². The summed E-state index contributed by atoms with van der Waals surface area (Å²) in [5.41, 5.74) is 0.528. The van der Waals surface area contributed by atoms with Crippen LogP contribution < -0.4 is 0 Å². The zero-order chi connectivity index (χ0) is 11.5. The van der Waals surface area contributed by atoms with Crippen molar-refractivity contribution in [2.75, 3.05) is 13.2 Å². The summed E-state index contributed by atoms with van der Waals surface area (Å²) >= 11 is 5.73. The maximum absolute atomic E-state index is 12.1. The van der Waals surface area contributed by atoms with Gasteiger partial charge in [-0.2, -0.15) is 0 Å². The Balaban J connectivity index is 2.18. The van der Waals surface area contributed by atoms with E-state index in [1.165, 1.54) is 6.20 Å². The molecule has 1 aliphatic rings. The van der Waals surface area contributed by atoms with E-state index in [0.29, 0.717) is 17.3 Å². The lowest BCUT2D eigenvalue weighted by Gasteiger charge is -2.22. The standard InChI is InChI=1S/C11H13ClN2O2/c12-10-6-8(3-4-13-10)11(16)14-5-1-2-9(14)7-15/h3-4,6,9,15H,1-2,5,7H2. The molecule has 1 saturated heterocycles. The third-order valence-electron chi connectivity index (χ3n) is 2.82. The zero-order valence-electron chi connectivity index (χ0n) is 8.77. The van der Waals surface area contributed by atoms with Gasteiger partial charge >= 0.3 is 0 Å². The SMILES string of the molecule is O=C(c1ccnc(Cl)c1)N1CCCC1CO. The highest BCUT2D eigenvalue weighted by Crippen LogP contribution is 2.20. The van der Waals surface area contributed by atoms with E-state index >= 15 is 0 Å². The molecule has 1 aromatic heterocycles. The van der Waals surface area contributed by atoms with Crippen molar-refractivity contribution in [1.82, 2.24) is 9.88 Å². The van der Waals surface area contributed by atoms with Crippen LogP contribution in [0.5, 0.6) is 0 Å². The monoisotopic (exact) mass is 240 g/mol. The second kappa shape index (κ2) is 4.80. The number of pyridine rings is 1. The largest absolute Gasteiger partial charge is 0.394 e. The maximum Gasteiger partial charge on any atom is 0.254 e. The average molecular weight is 241 g/mol. The number of hydrogen-bond donors (Lipinski definition) is 1. The van der Waals surface area contributed by atoms with Gasteiger partial charge in [0, 0.05) is 18.3 Å². The fourth-order valence-electron chi connectivity index (χ4n) is 1.99. The van der Waals surface area contributed by atoms with Crippen LogP contribution in [0.4, 0.5) is 0 Å². The van der Waals surface area contributed by atoms with Crippen LogP contribution in [0, 0.1) is 0 Å². The van der Waals surface area contributed by atoms with E-state index < -0.39 is 0 Å². The molecule has 1 N–H and O–H groups in total. The van der Waals surface area contributed by atoms with Crippen LogP contribution in [0.1, 0.15) is 23.2 Å². The molecule has 1 aliphatic heterocycles. The van der Waals surface area contributed by atoms with Crippen molar-refractivity contribution >= 4 is 17.5 Å². The van der Waals surface area contributed by atoms with Gasteiger partial charge in [-0.3, -0.25) is 4.79 Å². The van der Waals surface area contributed by atoms with E-state index in [0.717, 1.165) is 12.8 Å². The Morgan fingerprint density at radius 1 is 1.69 bits per heavy atom. The molecule has 0 bridgehead atoms. The van der Waals surface area contributed by atoms with Gasteiger partial charge in [0.15, 0.2) is 0 Å². The molecule has 0 spiro atoms. The molecule has 0 radical (unpaired) electrons. The minimum absolute atomic E-state index is 0.0184. The summed E-state index contributed by atoms with van der Waals surface area (Å²) in [5.74, 6) is -0.0825. The Kier molecular flexibility index (Phi) is 3.41. The molecule has 1 aromatic rings. The van der Waals surface area contributed by atoms with Crippen LogP contribution >= 0.6 is 11.6 Å². The number of carbonyl (C=O) groups excluding carboxylic acids is 1. The van der Waals surface area contributed by atoms with E-state index in [9.17, 15) is 4.79 Å². The first kappa shape index (κ1) is 11.4. The first-order valence-corrected chi connectivity index (χ1v) is 5.63. The Morgan fingerprint density at radius 2 is 2.50 bits per heavy atom. The second-order valence-electron chi connectivity index (χ2n) is 3.84. The van der Waals surface area contributed by atoms with E-state index in [1.54, 1.807) is 17.0 Å². The van der Waals surface area contributed by atoms with Gasteiger partial charge in [0.2, 0.25) is 0 Å². The fraction of sp³-hybridized carbons (Fsp3) is 0.455. The van der Waals surface area contributed by atoms with Crippen LogP contribution in [-0.4, -0.2) is 40.1 Å². The van der Waals surface area contributed by atoms with E-state index in [2.05, 4.69) is 4.98 Å². The van der Waals surface area contributed by atoms with Gasteiger partial charge in [-0.15, -0.1) is 0 Å². The molecule has 2 rings (SSSR count). The Hall–Kier alpha value is -1.13. The predicted octanol–water partition coefficient (Wildman–Crippen LogP) is 1.33. The molecular weight excluding hydrogens is 228 g/mol. The molecule has 1 fully saturated rings. The molecule has 0 aliphatic carbocycles. The lowest BCUT2D eigenvalue weighted by atomic mass is 10.2. The van der Waals surface area contributed by atoms with Crippen molar-refractivity contribution in [3.8, 4) is 0 Å². The molecule has 0 saturated carbocycles.